The zero-order chi connectivity index (χ0) is 23.3. The van der Waals surface area contributed by atoms with Crippen molar-refractivity contribution < 1.29 is 27.4 Å². The molecular weight excluding hydrogens is 425 g/mol. The third kappa shape index (κ3) is 4.43. The smallest absolute Gasteiger partial charge is 0.417 e. The summed E-state index contributed by atoms with van der Waals surface area (Å²) in [5.74, 6) is -0.456. The summed E-state index contributed by atoms with van der Waals surface area (Å²) in [6.07, 6.45) is -4.76. The number of nitriles is 1. The lowest BCUT2D eigenvalue weighted by Crippen LogP contribution is -2.40. The minimum atomic E-state index is -4.62. The van der Waals surface area contributed by atoms with Crippen LogP contribution in [0.15, 0.2) is 18.2 Å². The molecule has 2 unspecified atom stereocenters. The first-order valence-corrected chi connectivity index (χ1v) is 10.2. The molecule has 0 aliphatic carbocycles. The predicted octanol–water partition coefficient (Wildman–Crippen LogP) is 4.12. The topological polar surface area (TPSA) is 94.5 Å². The molecule has 2 aliphatic heterocycles. The van der Waals surface area contributed by atoms with E-state index in [0.29, 0.717) is 30.8 Å². The van der Waals surface area contributed by atoms with Crippen LogP contribution in [0, 0.1) is 11.3 Å². The lowest BCUT2D eigenvalue weighted by molar-refractivity contribution is -0.137. The summed E-state index contributed by atoms with van der Waals surface area (Å²) < 4.78 is 50.7. The van der Waals surface area contributed by atoms with Crippen molar-refractivity contribution in [3.05, 3.63) is 51.8 Å². The number of aromatic nitrogens is 2. The Morgan fingerprint density at radius 2 is 2.09 bits per heavy atom. The van der Waals surface area contributed by atoms with Crippen molar-refractivity contribution in [2.45, 2.75) is 57.5 Å². The van der Waals surface area contributed by atoms with E-state index >= 15 is 0 Å². The molecule has 1 N–H and O–H groups in total. The number of rotatable bonds is 3. The van der Waals surface area contributed by atoms with E-state index in [4.69, 9.17) is 9.47 Å². The van der Waals surface area contributed by atoms with E-state index in [-0.39, 0.29) is 12.6 Å². The second-order valence-electron chi connectivity index (χ2n) is 8.98. The van der Waals surface area contributed by atoms with Gasteiger partial charge in [0, 0.05) is 24.2 Å². The number of epoxide rings is 1. The monoisotopic (exact) mass is 448 g/mol. The maximum absolute atomic E-state index is 13.2. The fourth-order valence-electron chi connectivity index (χ4n) is 3.95. The molecule has 1 saturated heterocycles. The Balaban J connectivity index is 1.68. The molecular formula is C22H23F3N4O3. The number of fused-ring (bicyclic) bond motifs is 1. The molecule has 2 aromatic rings. The number of carbonyl (C=O) groups is 1. The molecule has 1 fully saturated rings. The molecule has 0 bridgehead atoms. The quantitative estimate of drug-likeness (QED) is 0.713. The second-order valence-corrected chi connectivity index (χ2v) is 8.98. The molecule has 3 heterocycles. The second kappa shape index (κ2) is 7.81. The third-order valence-corrected chi connectivity index (χ3v) is 5.47. The molecule has 0 spiro atoms. The normalized spacial score (nSPS) is 19.2. The molecule has 1 aromatic carbocycles. The molecule has 32 heavy (non-hydrogen) atoms. The van der Waals surface area contributed by atoms with Crippen molar-refractivity contribution in [1.82, 2.24) is 15.1 Å². The van der Waals surface area contributed by atoms with Gasteiger partial charge in [0.2, 0.25) is 0 Å². The van der Waals surface area contributed by atoms with Crippen molar-refractivity contribution in [3.63, 3.8) is 0 Å². The van der Waals surface area contributed by atoms with Crippen LogP contribution in [0.3, 0.4) is 0 Å². The first-order valence-electron chi connectivity index (χ1n) is 10.2. The van der Waals surface area contributed by atoms with E-state index in [1.165, 1.54) is 12.1 Å². The SMILES string of the molecule is CC(C)(C)OC(=O)N1CCc2[nH]nc(C(c3ccc(C(F)(F)F)c(C#N)c3)C3CO3)c2C1. The number of benzene rings is 1. The van der Waals surface area contributed by atoms with Gasteiger partial charge in [0.25, 0.3) is 0 Å². The van der Waals surface area contributed by atoms with Crippen LogP contribution >= 0.6 is 0 Å². The Kier molecular flexibility index (Phi) is 5.41. The van der Waals surface area contributed by atoms with E-state index < -0.39 is 34.9 Å². The van der Waals surface area contributed by atoms with Crippen molar-refractivity contribution in [3.8, 4) is 6.07 Å². The summed E-state index contributed by atoms with van der Waals surface area (Å²) in [7, 11) is 0. The van der Waals surface area contributed by atoms with Crippen LogP contribution in [0.4, 0.5) is 18.0 Å². The summed E-state index contributed by atoms with van der Waals surface area (Å²) in [5, 5.41) is 16.7. The number of carbonyl (C=O) groups excluding carboxylic acids is 1. The fraction of sp³-hybridized carbons (Fsp3) is 0.500. The summed E-state index contributed by atoms with van der Waals surface area (Å²) in [6.45, 7) is 6.55. The van der Waals surface area contributed by atoms with Crippen molar-refractivity contribution >= 4 is 6.09 Å². The molecule has 1 aromatic heterocycles. The minimum Gasteiger partial charge on any atom is -0.444 e. The van der Waals surface area contributed by atoms with Gasteiger partial charge in [-0.15, -0.1) is 0 Å². The van der Waals surface area contributed by atoms with Crippen LogP contribution in [0.2, 0.25) is 0 Å². The highest BCUT2D eigenvalue weighted by Crippen LogP contribution is 2.40. The number of alkyl halides is 3. The van der Waals surface area contributed by atoms with Crippen LogP contribution < -0.4 is 0 Å². The van der Waals surface area contributed by atoms with Crippen LogP contribution in [0.25, 0.3) is 0 Å². The van der Waals surface area contributed by atoms with E-state index in [1.54, 1.807) is 31.7 Å². The van der Waals surface area contributed by atoms with Gasteiger partial charge in [-0.2, -0.15) is 23.5 Å². The van der Waals surface area contributed by atoms with Gasteiger partial charge in [0.05, 0.1) is 48.1 Å². The molecule has 0 saturated carbocycles. The zero-order valence-electron chi connectivity index (χ0n) is 17.9. The maximum Gasteiger partial charge on any atom is 0.417 e. The molecule has 2 atom stereocenters. The largest absolute Gasteiger partial charge is 0.444 e. The van der Waals surface area contributed by atoms with Crippen molar-refractivity contribution in [2.24, 2.45) is 0 Å². The minimum absolute atomic E-state index is 0.261. The number of nitrogens with zero attached hydrogens (tertiary/aromatic N) is 3. The fourth-order valence-corrected chi connectivity index (χ4v) is 3.95. The summed E-state index contributed by atoms with van der Waals surface area (Å²) in [6, 6.07) is 5.20. The number of amides is 1. The Labute approximate surface area is 183 Å². The van der Waals surface area contributed by atoms with Gasteiger partial charge in [-0.3, -0.25) is 5.10 Å². The molecule has 0 radical (unpaired) electrons. The van der Waals surface area contributed by atoms with Gasteiger partial charge in [-0.1, -0.05) is 6.07 Å². The van der Waals surface area contributed by atoms with Gasteiger partial charge < -0.3 is 14.4 Å². The zero-order valence-corrected chi connectivity index (χ0v) is 17.9. The van der Waals surface area contributed by atoms with Crippen LogP contribution in [-0.2, 0) is 28.6 Å². The Morgan fingerprint density at radius 3 is 2.69 bits per heavy atom. The highest BCUT2D eigenvalue weighted by Gasteiger charge is 2.41. The number of halogens is 3. The number of nitrogens with one attached hydrogen (secondary N) is 1. The Hall–Kier alpha value is -3.06. The lowest BCUT2D eigenvalue weighted by Gasteiger charge is -2.30. The number of ether oxygens (including phenoxy) is 2. The van der Waals surface area contributed by atoms with Gasteiger partial charge in [-0.05, 0) is 38.5 Å². The third-order valence-electron chi connectivity index (χ3n) is 5.47. The van der Waals surface area contributed by atoms with Crippen molar-refractivity contribution in [2.75, 3.05) is 13.2 Å². The van der Waals surface area contributed by atoms with Gasteiger partial charge >= 0.3 is 12.3 Å². The molecule has 7 nitrogen and oxygen atoms in total. The summed E-state index contributed by atoms with van der Waals surface area (Å²) >= 11 is 0. The van der Waals surface area contributed by atoms with Gasteiger partial charge in [0.1, 0.15) is 5.60 Å². The standard InChI is InChI=1S/C22H23F3N4O3/c1-21(2,3)32-20(30)29-7-6-16-14(10-29)19(28-27-16)18(17-11-31-17)12-4-5-15(22(23,24)25)13(8-12)9-26/h4-5,8,17-18H,6-7,10-11H2,1-3H3,(H,27,28). The first kappa shape index (κ1) is 22.1. The van der Waals surface area contributed by atoms with Crippen LogP contribution in [0.5, 0.6) is 0 Å². The Morgan fingerprint density at radius 1 is 1.38 bits per heavy atom. The summed E-state index contributed by atoms with van der Waals surface area (Å²) in [5.41, 5.74) is 0.758. The van der Waals surface area contributed by atoms with E-state index in [9.17, 15) is 23.2 Å². The summed E-state index contributed by atoms with van der Waals surface area (Å²) in [4.78, 5) is 14.2. The molecule has 170 valence electrons. The van der Waals surface area contributed by atoms with Crippen LogP contribution in [-0.4, -0.2) is 46.0 Å². The average Bonchev–Trinajstić information content (AvgIpc) is 3.45. The average molecular weight is 448 g/mol. The molecule has 2 aliphatic rings. The van der Waals surface area contributed by atoms with E-state index in [2.05, 4.69) is 10.2 Å². The maximum atomic E-state index is 13.2. The number of hydrogen-bond acceptors (Lipinski definition) is 5. The lowest BCUT2D eigenvalue weighted by atomic mass is 9.87. The highest BCUT2D eigenvalue weighted by atomic mass is 19.4. The number of H-pyrrole nitrogens is 1. The number of hydrogen-bond donors (Lipinski definition) is 1. The number of aromatic amines is 1. The van der Waals surface area contributed by atoms with Crippen molar-refractivity contribution in [1.29, 1.82) is 5.26 Å². The Bertz CT molecular complexity index is 1080. The molecule has 10 heteroatoms. The van der Waals surface area contributed by atoms with E-state index in [1.807, 2.05) is 0 Å². The predicted molar refractivity (Wildman–Crippen MR) is 107 cm³/mol. The van der Waals surface area contributed by atoms with E-state index in [0.717, 1.165) is 17.3 Å². The van der Waals surface area contributed by atoms with Gasteiger partial charge in [-0.25, -0.2) is 4.79 Å². The van der Waals surface area contributed by atoms with Gasteiger partial charge in [0.15, 0.2) is 0 Å². The highest BCUT2D eigenvalue weighted by molar-refractivity contribution is 5.68. The molecule has 4 rings (SSSR count). The molecule has 1 amide bonds. The first-order chi connectivity index (χ1) is 15.0. The van der Waals surface area contributed by atoms with Crippen LogP contribution in [0.1, 0.15) is 60.3 Å².